The summed E-state index contributed by atoms with van der Waals surface area (Å²) in [5, 5.41) is 29.0. The van der Waals surface area contributed by atoms with Crippen LogP contribution in [0.1, 0.15) is 53.5 Å². The number of amides is 1. The first-order valence-electron chi connectivity index (χ1n) is 12.0. The third-order valence-corrected chi connectivity index (χ3v) is 6.03. The molecule has 0 spiro atoms. The highest BCUT2D eigenvalue weighted by Gasteiger charge is 2.27. The Balaban J connectivity index is 1.73. The summed E-state index contributed by atoms with van der Waals surface area (Å²) < 4.78 is 15.9. The molecule has 0 fully saturated rings. The second-order valence-electron chi connectivity index (χ2n) is 9.34. The van der Waals surface area contributed by atoms with Crippen LogP contribution in [0.25, 0.3) is 16.9 Å². The normalized spacial score (nSPS) is 12.1. The number of carbonyl (C=O) groups is 2. The molecule has 3 heterocycles. The molecule has 3 aromatic heterocycles. The zero-order chi connectivity index (χ0) is 27.4. The number of Topliss-reactive ketones (excluding diaryl/α,β-unsaturated/α-hetero) is 1. The van der Waals surface area contributed by atoms with E-state index < -0.39 is 24.2 Å². The van der Waals surface area contributed by atoms with Crippen LogP contribution in [0, 0.1) is 11.3 Å². The number of rotatable bonds is 9. The van der Waals surface area contributed by atoms with Crippen molar-refractivity contribution in [2.75, 3.05) is 11.9 Å². The number of nitriles is 1. The molecule has 194 valence electrons. The number of nitrogens with one attached hydrogen (secondary N) is 2. The number of alkyl halides is 1. The Morgan fingerprint density at radius 2 is 1.97 bits per heavy atom. The number of aliphatic hydroxyl groups is 1. The SMILES string of the molecule is CCC(=O)c1cccc(Nc2cc(-c3ccc4cc(C#N)cnn34)ncc2C(=O)NCC(F)C(C)(C)O)c1. The molecule has 1 aromatic carbocycles. The second kappa shape index (κ2) is 10.8. The van der Waals surface area contributed by atoms with E-state index in [1.807, 2.05) is 0 Å². The summed E-state index contributed by atoms with van der Waals surface area (Å²) in [6.07, 6.45) is 1.49. The predicted octanol–water partition coefficient (Wildman–Crippen LogP) is 4.44. The number of anilines is 2. The monoisotopic (exact) mass is 514 g/mol. The van der Waals surface area contributed by atoms with Crippen LogP contribution in [0.4, 0.5) is 15.8 Å². The molecule has 0 saturated carbocycles. The number of pyridine rings is 1. The topological polar surface area (TPSA) is 132 Å². The molecule has 0 aliphatic heterocycles. The number of halogens is 1. The molecule has 4 rings (SSSR count). The van der Waals surface area contributed by atoms with Crippen LogP contribution in [0.15, 0.2) is 60.9 Å². The van der Waals surface area contributed by atoms with Crippen LogP contribution >= 0.6 is 0 Å². The van der Waals surface area contributed by atoms with Crippen LogP contribution in [-0.2, 0) is 0 Å². The molecule has 1 atom stereocenters. The molecular weight excluding hydrogens is 487 g/mol. The van der Waals surface area contributed by atoms with Crippen LogP contribution in [0.2, 0.25) is 0 Å². The van der Waals surface area contributed by atoms with Gasteiger partial charge in [0.2, 0.25) is 0 Å². The molecule has 3 N–H and O–H groups in total. The van der Waals surface area contributed by atoms with Crippen molar-refractivity contribution < 1.29 is 19.1 Å². The standard InChI is InChI=1S/C28H27FN6O3/c1-4-25(36)18-6-5-7-19(11-18)34-22-12-23(24-9-8-20-10-17(13-30)14-33-35(20)24)31-15-21(22)27(37)32-16-26(29)28(2,3)38/h5-12,14-15,26,38H,4,16H2,1-3H3,(H,31,34)(H,32,37). The minimum atomic E-state index is -1.68. The van der Waals surface area contributed by atoms with Crippen molar-refractivity contribution in [1.29, 1.82) is 5.26 Å². The molecule has 0 aliphatic rings. The average molecular weight is 515 g/mol. The lowest BCUT2D eigenvalue weighted by Crippen LogP contribution is -2.42. The maximum atomic E-state index is 14.3. The fourth-order valence-electron chi connectivity index (χ4n) is 3.79. The Morgan fingerprint density at radius 3 is 2.68 bits per heavy atom. The van der Waals surface area contributed by atoms with Gasteiger partial charge in [-0.05, 0) is 50.2 Å². The van der Waals surface area contributed by atoms with Gasteiger partial charge in [-0.15, -0.1) is 0 Å². The lowest BCUT2D eigenvalue weighted by atomic mass is 10.0. The number of fused-ring (bicyclic) bond motifs is 1. The second-order valence-corrected chi connectivity index (χ2v) is 9.34. The van der Waals surface area contributed by atoms with Crippen molar-refractivity contribution in [1.82, 2.24) is 19.9 Å². The van der Waals surface area contributed by atoms with Gasteiger partial charge in [0.25, 0.3) is 5.91 Å². The Morgan fingerprint density at radius 1 is 1.18 bits per heavy atom. The Hall–Kier alpha value is -4.62. The molecule has 0 saturated heterocycles. The number of hydrogen-bond donors (Lipinski definition) is 3. The fraction of sp³-hybridized carbons (Fsp3) is 0.250. The van der Waals surface area contributed by atoms with E-state index in [2.05, 4.69) is 26.8 Å². The minimum Gasteiger partial charge on any atom is -0.387 e. The summed E-state index contributed by atoms with van der Waals surface area (Å²) in [7, 11) is 0. The van der Waals surface area contributed by atoms with Crippen LogP contribution in [-0.4, -0.2) is 49.7 Å². The zero-order valence-corrected chi connectivity index (χ0v) is 21.2. The smallest absolute Gasteiger partial charge is 0.255 e. The largest absolute Gasteiger partial charge is 0.387 e. The number of carbonyl (C=O) groups excluding carboxylic acids is 2. The highest BCUT2D eigenvalue weighted by atomic mass is 19.1. The number of benzene rings is 1. The summed E-state index contributed by atoms with van der Waals surface area (Å²) in [5.74, 6) is -0.610. The number of nitrogens with zero attached hydrogens (tertiary/aromatic N) is 4. The highest BCUT2D eigenvalue weighted by Crippen LogP contribution is 2.28. The summed E-state index contributed by atoms with van der Waals surface area (Å²) >= 11 is 0. The Bertz CT molecular complexity index is 1550. The van der Waals surface area contributed by atoms with E-state index in [1.54, 1.807) is 60.0 Å². The quantitative estimate of drug-likeness (QED) is 0.281. The van der Waals surface area contributed by atoms with E-state index in [9.17, 15) is 19.1 Å². The lowest BCUT2D eigenvalue weighted by Gasteiger charge is -2.22. The van der Waals surface area contributed by atoms with Crippen LogP contribution < -0.4 is 10.6 Å². The highest BCUT2D eigenvalue weighted by molar-refractivity contribution is 6.01. The Labute approximate surface area is 218 Å². The van der Waals surface area contributed by atoms with Crippen LogP contribution in [0.5, 0.6) is 0 Å². The first-order valence-corrected chi connectivity index (χ1v) is 12.0. The van der Waals surface area contributed by atoms with Crippen molar-refractivity contribution in [3.05, 3.63) is 77.6 Å². The number of aromatic nitrogens is 3. The number of ketones is 1. The molecule has 0 aliphatic carbocycles. The first-order chi connectivity index (χ1) is 18.1. The third-order valence-electron chi connectivity index (χ3n) is 6.03. The molecule has 1 amide bonds. The minimum absolute atomic E-state index is 0.0230. The van der Waals surface area contributed by atoms with Gasteiger partial charge in [0.15, 0.2) is 5.78 Å². The molecule has 0 bridgehead atoms. The zero-order valence-electron chi connectivity index (χ0n) is 21.2. The maximum absolute atomic E-state index is 14.3. The summed E-state index contributed by atoms with van der Waals surface area (Å²) in [4.78, 5) is 29.7. The van der Waals surface area contributed by atoms with E-state index >= 15 is 0 Å². The number of hydrogen-bond acceptors (Lipinski definition) is 7. The van der Waals surface area contributed by atoms with Gasteiger partial charge in [0.1, 0.15) is 12.2 Å². The van der Waals surface area contributed by atoms with Gasteiger partial charge in [-0.25, -0.2) is 8.91 Å². The van der Waals surface area contributed by atoms with Gasteiger partial charge >= 0.3 is 0 Å². The van der Waals surface area contributed by atoms with E-state index in [0.717, 1.165) is 0 Å². The van der Waals surface area contributed by atoms with Crippen molar-refractivity contribution in [2.24, 2.45) is 0 Å². The third kappa shape index (κ3) is 5.68. The molecular formula is C28H27FN6O3. The van der Waals surface area contributed by atoms with Gasteiger partial charge in [-0.2, -0.15) is 10.4 Å². The molecule has 4 aromatic rings. The van der Waals surface area contributed by atoms with E-state index in [4.69, 9.17) is 5.26 Å². The molecule has 10 heteroatoms. The predicted molar refractivity (Wildman–Crippen MR) is 141 cm³/mol. The maximum Gasteiger partial charge on any atom is 0.255 e. The van der Waals surface area contributed by atoms with Gasteiger partial charge in [-0.1, -0.05) is 19.1 Å². The van der Waals surface area contributed by atoms with Gasteiger partial charge in [-0.3, -0.25) is 14.6 Å². The van der Waals surface area contributed by atoms with Gasteiger partial charge in [0, 0.05) is 23.9 Å². The van der Waals surface area contributed by atoms with Crippen molar-refractivity contribution in [2.45, 2.75) is 39.0 Å². The molecule has 1 unspecified atom stereocenters. The van der Waals surface area contributed by atoms with E-state index in [-0.39, 0.29) is 11.3 Å². The average Bonchev–Trinajstić information content (AvgIpc) is 3.33. The fourth-order valence-corrected chi connectivity index (χ4v) is 3.79. The van der Waals surface area contributed by atoms with Crippen molar-refractivity contribution in [3.63, 3.8) is 0 Å². The molecule has 0 radical (unpaired) electrons. The first kappa shape index (κ1) is 26.4. The molecule has 9 nitrogen and oxygen atoms in total. The van der Waals surface area contributed by atoms with Gasteiger partial charge < -0.3 is 15.7 Å². The van der Waals surface area contributed by atoms with Gasteiger partial charge in [0.05, 0.1) is 52.1 Å². The summed E-state index contributed by atoms with van der Waals surface area (Å²) in [6, 6.07) is 15.9. The van der Waals surface area contributed by atoms with Crippen molar-refractivity contribution >= 4 is 28.6 Å². The molecule has 38 heavy (non-hydrogen) atoms. The lowest BCUT2D eigenvalue weighted by molar-refractivity contribution is -0.00177. The van der Waals surface area contributed by atoms with E-state index in [1.165, 1.54) is 26.2 Å². The summed E-state index contributed by atoms with van der Waals surface area (Å²) in [6.45, 7) is 4.04. The summed E-state index contributed by atoms with van der Waals surface area (Å²) in [5.41, 5.74) is 2.23. The Kier molecular flexibility index (Phi) is 7.50. The van der Waals surface area contributed by atoms with E-state index in [0.29, 0.717) is 45.8 Å². The van der Waals surface area contributed by atoms with Crippen LogP contribution in [0.3, 0.4) is 0 Å². The van der Waals surface area contributed by atoms with Crippen molar-refractivity contribution in [3.8, 4) is 17.5 Å².